The van der Waals surface area contributed by atoms with Gasteiger partial charge in [-0.1, -0.05) is 42.8 Å². The van der Waals surface area contributed by atoms with E-state index in [-0.39, 0.29) is 11.9 Å². The van der Waals surface area contributed by atoms with E-state index in [1.165, 1.54) is 24.0 Å². The molecule has 4 nitrogen and oxygen atoms in total. The molecule has 1 N–H and O–H groups in total. The molecular weight excluding hydrogens is 336 g/mol. The molecule has 27 heavy (non-hydrogen) atoms. The number of benzene rings is 2. The van der Waals surface area contributed by atoms with Crippen LogP contribution in [0, 0.1) is 12.8 Å². The zero-order valence-corrected chi connectivity index (χ0v) is 16.6. The van der Waals surface area contributed by atoms with Crippen molar-refractivity contribution in [2.45, 2.75) is 32.7 Å². The minimum atomic E-state index is -0.0589. The Morgan fingerprint density at radius 2 is 1.89 bits per heavy atom. The minimum absolute atomic E-state index is 0.0589. The van der Waals surface area contributed by atoms with Gasteiger partial charge in [0.2, 0.25) is 0 Å². The number of nitrogens with zero attached hydrogens (tertiary/aromatic N) is 1. The molecule has 0 spiro atoms. The van der Waals surface area contributed by atoms with Crippen LogP contribution in [0.3, 0.4) is 0 Å². The molecule has 3 rings (SSSR count). The van der Waals surface area contributed by atoms with Gasteiger partial charge in [0.25, 0.3) is 5.91 Å². The predicted molar refractivity (Wildman–Crippen MR) is 109 cm³/mol. The highest BCUT2D eigenvalue weighted by atomic mass is 16.5. The van der Waals surface area contributed by atoms with Crippen molar-refractivity contribution in [2.75, 3.05) is 26.7 Å². The molecule has 0 bridgehead atoms. The quantitative estimate of drug-likeness (QED) is 0.833. The molecule has 2 aromatic carbocycles. The number of hydrogen-bond acceptors (Lipinski definition) is 3. The minimum Gasteiger partial charge on any atom is -0.497 e. The molecular formula is C23H30N2O2. The summed E-state index contributed by atoms with van der Waals surface area (Å²) in [6.45, 7) is 7.19. The first kappa shape index (κ1) is 19.4. The maximum atomic E-state index is 12.7. The first-order valence-electron chi connectivity index (χ1n) is 9.79. The molecule has 0 saturated carbocycles. The molecule has 1 atom stereocenters. The lowest BCUT2D eigenvalue weighted by molar-refractivity contribution is 0.0912. The maximum absolute atomic E-state index is 12.7. The van der Waals surface area contributed by atoms with Crippen LogP contribution in [0.15, 0.2) is 48.5 Å². The van der Waals surface area contributed by atoms with Crippen molar-refractivity contribution in [3.8, 4) is 5.75 Å². The van der Waals surface area contributed by atoms with E-state index in [0.29, 0.717) is 17.9 Å². The van der Waals surface area contributed by atoms with Crippen LogP contribution in [-0.2, 0) is 0 Å². The first-order valence-corrected chi connectivity index (χ1v) is 9.79. The number of likely N-dealkylation sites (tertiary alicyclic amines) is 1. The number of methoxy groups -OCH3 is 1. The SMILES string of the molecule is COc1cccc(C(=O)NCC(c2ccc(C)cc2)N2CCC(C)CC2)c1. The summed E-state index contributed by atoms with van der Waals surface area (Å²) in [5, 5.41) is 3.14. The number of aryl methyl sites for hydroxylation is 1. The topological polar surface area (TPSA) is 41.6 Å². The van der Waals surface area contributed by atoms with Gasteiger partial charge in [0.15, 0.2) is 0 Å². The summed E-state index contributed by atoms with van der Waals surface area (Å²) in [5.74, 6) is 1.42. The van der Waals surface area contributed by atoms with Gasteiger partial charge in [-0.3, -0.25) is 9.69 Å². The Labute approximate surface area is 162 Å². The summed E-state index contributed by atoms with van der Waals surface area (Å²) in [6.07, 6.45) is 2.43. The van der Waals surface area contributed by atoms with Crippen molar-refractivity contribution in [1.82, 2.24) is 10.2 Å². The second kappa shape index (κ2) is 9.05. The van der Waals surface area contributed by atoms with Crippen LogP contribution in [0.4, 0.5) is 0 Å². The zero-order chi connectivity index (χ0) is 19.2. The number of carbonyl (C=O) groups is 1. The number of rotatable bonds is 6. The maximum Gasteiger partial charge on any atom is 0.251 e. The molecule has 0 aliphatic carbocycles. The fourth-order valence-electron chi connectivity index (χ4n) is 3.64. The number of piperidine rings is 1. The molecule has 144 valence electrons. The fourth-order valence-corrected chi connectivity index (χ4v) is 3.64. The Balaban J connectivity index is 1.72. The standard InChI is InChI=1S/C23H30N2O2/c1-17-7-9-19(10-8-17)22(25-13-11-18(2)12-14-25)16-24-23(26)20-5-4-6-21(15-20)27-3/h4-10,15,18,22H,11-14,16H2,1-3H3,(H,24,26). The molecule has 1 aliphatic rings. The average Bonchev–Trinajstić information content (AvgIpc) is 2.70. The predicted octanol–water partition coefficient (Wildman–Crippen LogP) is 4.21. The summed E-state index contributed by atoms with van der Waals surface area (Å²) in [6, 6.07) is 16.2. The van der Waals surface area contributed by atoms with Crippen LogP contribution in [0.25, 0.3) is 0 Å². The second-order valence-electron chi connectivity index (χ2n) is 7.59. The lowest BCUT2D eigenvalue weighted by Gasteiger charge is -2.37. The van der Waals surface area contributed by atoms with Gasteiger partial charge < -0.3 is 10.1 Å². The van der Waals surface area contributed by atoms with E-state index >= 15 is 0 Å². The highest BCUT2D eigenvalue weighted by Gasteiger charge is 2.25. The van der Waals surface area contributed by atoms with E-state index in [4.69, 9.17) is 4.74 Å². The highest BCUT2D eigenvalue weighted by molar-refractivity contribution is 5.94. The van der Waals surface area contributed by atoms with Crippen molar-refractivity contribution in [1.29, 1.82) is 0 Å². The van der Waals surface area contributed by atoms with E-state index in [0.717, 1.165) is 19.0 Å². The molecule has 1 aliphatic heterocycles. The van der Waals surface area contributed by atoms with Crippen molar-refractivity contribution in [3.63, 3.8) is 0 Å². The Kier molecular flexibility index (Phi) is 6.51. The second-order valence-corrected chi connectivity index (χ2v) is 7.59. The van der Waals surface area contributed by atoms with Crippen molar-refractivity contribution < 1.29 is 9.53 Å². The van der Waals surface area contributed by atoms with Crippen molar-refractivity contribution >= 4 is 5.91 Å². The van der Waals surface area contributed by atoms with Crippen LogP contribution in [0.5, 0.6) is 5.75 Å². The van der Waals surface area contributed by atoms with Crippen LogP contribution < -0.4 is 10.1 Å². The van der Waals surface area contributed by atoms with Crippen LogP contribution in [-0.4, -0.2) is 37.6 Å². The van der Waals surface area contributed by atoms with Gasteiger partial charge >= 0.3 is 0 Å². The van der Waals surface area contributed by atoms with Gasteiger partial charge in [0, 0.05) is 12.1 Å². The number of amides is 1. The fraction of sp³-hybridized carbons (Fsp3) is 0.435. The summed E-state index contributed by atoms with van der Waals surface area (Å²) in [5.41, 5.74) is 3.15. The normalized spacial score (nSPS) is 16.7. The van der Waals surface area contributed by atoms with Crippen LogP contribution >= 0.6 is 0 Å². The van der Waals surface area contributed by atoms with E-state index in [2.05, 4.69) is 48.3 Å². The smallest absolute Gasteiger partial charge is 0.251 e. The molecule has 0 radical (unpaired) electrons. The molecule has 1 amide bonds. The molecule has 0 aromatic heterocycles. The number of ether oxygens (including phenoxy) is 1. The lowest BCUT2D eigenvalue weighted by atomic mass is 9.95. The van der Waals surface area contributed by atoms with Crippen molar-refractivity contribution in [2.24, 2.45) is 5.92 Å². The third kappa shape index (κ3) is 5.10. The third-order valence-electron chi connectivity index (χ3n) is 5.51. The van der Waals surface area contributed by atoms with Crippen LogP contribution in [0.1, 0.15) is 47.3 Å². The molecule has 2 aromatic rings. The first-order chi connectivity index (χ1) is 13.1. The van der Waals surface area contributed by atoms with E-state index in [1.54, 1.807) is 13.2 Å². The summed E-state index contributed by atoms with van der Waals surface area (Å²) in [4.78, 5) is 15.2. The van der Waals surface area contributed by atoms with E-state index < -0.39 is 0 Å². The Bertz CT molecular complexity index is 749. The van der Waals surface area contributed by atoms with Gasteiger partial charge in [0.05, 0.1) is 13.2 Å². The molecule has 1 unspecified atom stereocenters. The van der Waals surface area contributed by atoms with Gasteiger partial charge in [0.1, 0.15) is 5.75 Å². The summed E-state index contributed by atoms with van der Waals surface area (Å²) in [7, 11) is 1.61. The Hall–Kier alpha value is -2.33. The zero-order valence-electron chi connectivity index (χ0n) is 16.6. The van der Waals surface area contributed by atoms with Gasteiger partial charge in [-0.05, 0) is 62.5 Å². The summed E-state index contributed by atoms with van der Waals surface area (Å²) < 4.78 is 5.23. The Morgan fingerprint density at radius 1 is 1.19 bits per heavy atom. The molecule has 1 saturated heterocycles. The van der Waals surface area contributed by atoms with E-state index in [9.17, 15) is 4.79 Å². The van der Waals surface area contributed by atoms with Crippen LogP contribution in [0.2, 0.25) is 0 Å². The van der Waals surface area contributed by atoms with Gasteiger partial charge in [-0.15, -0.1) is 0 Å². The lowest BCUT2D eigenvalue weighted by Crippen LogP contribution is -2.42. The van der Waals surface area contributed by atoms with Gasteiger partial charge in [-0.25, -0.2) is 0 Å². The molecule has 4 heteroatoms. The van der Waals surface area contributed by atoms with Gasteiger partial charge in [-0.2, -0.15) is 0 Å². The summed E-state index contributed by atoms with van der Waals surface area (Å²) >= 11 is 0. The number of hydrogen-bond donors (Lipinski definition) is 1. The molecule has 1 heterocycles. The molecule has 1 fully saturated rings. The van der Waals surface area contributed by atoms with Crippen molar-refractivity contribution in [3.05, 3.63) is 65.2 Å². The third-order valence-corrected chi connectivity index (χ3v) is 5.51. The highest BCUT2D eigenvalue weighted by Crippen LogP contribution is 2.27. The average molecular weight is 367 g/mol. The number of nitrogens with one attached hydrogen (secondary N) is 1. The largest absolute Gasteiger partial charge is 0.497 e. The monoisotopic (exact) mass is 366 g/mol. The number of carbonyl (C=O) groups excluding carboxylic acids is 1. The van der Waals surface area contributed by atoms with E-state index in [1.807, 2.05) is 18.2 Å². The Morgan fingerprint density at radius 3 is 2.56 bits per heavy atom.